The maximum absolute atomic E-state index is 13.5. The number of hydrogen-bond acceptors (Lipinski definition) is 3. The first kappa shape index (κ1) is 19.4. The van der Waals surface area contributed by atoms with Crippen molar-refractivity contribution >= 4 is 11.6 Å². The maximum Gasteiger partial charge on any atom is 0.276 e. The Morgan fingerprint density at radius 2 is 2.03 bits per heavy atom. The third kappa shape index (κ3) is 3.71. The van der Waals surface area contributed by atoms with Crippen molar-refractivity contribution in [3.05, 3.63) is 69.8 Å². The van der Waals surface area contributed by atoms with E-state index in [1.54, 1.807) is 19.2 Å². The van der Waals surface area contributed by atoms with E-state index in [-0.39, 0.29) is 29.3 Å². The quantitative estimate of drug-likeness (QED) is 0.723. The van der Waals surface area contributed by atoms with Crippen molar-refractivity contribution in [2.75, 3.05) is 0 Å². The predicted octanol–water partition coefficient (Wildman–Crippen LogP) is 3.48. The molecule has 4 rings (SSSR count). The van der Waals surface area contributed by atoms with Crippen LogP contribution in [-0.2, 0) is 17.8 Å². The van der Waals surface area contributed by atoms with Crippen LogP contribution >= 0.6 is 0 Å². The van der Waals surface area contributed by atoms with Crippen molar-refractivity contribution in [1.82, 2.24) is 19.5 Å². The molecule has 3 aromatic rings. The Morgan fingerprint density at radius 1 is 1.28 bits per heavy atom. The van der Waals surface area contributed by atoms with Crippen LogP contribution in [0.5, 0.6) is 0 Å². The van der Waals surface area contributed by atoms with Gasteiger partial charge in [-0.3, -0.25) is 14.7 Å². The summed E-state index contributed by atoms with van der Waals surface area (Å²) in [6.45, 7) is 6.84. The molecule has 0 bridgehead atoms. The van der Waals surface area contributed by atoms with Gasteiger partial charge in [0.1, 0.15) is 0 Å². The fourth-order valence-corrected chi connectivity index (χ4v) is 4.60. The van der Waals surface area contributed by atoms with E-state index < -0.39 is 0 Å². The van der Waals surface area contributed by atoms with Crippen LogP contribution in [0.2, 0.25) is 0 Å². The fourth-order valence-electron chi connectivity index (χ4n) is 4.60. The number of carbonyl (C=O) groups is 1. The Morgan fingerprint density at radius 3 is 2.72 bits per heavy atom. The van der Waals surface area contributed by atoms with Gasteiger partial charge in [0.05, 0.1) is 6.42 Å². The minimum absolute atomic E-state index is 0.0117. The number of nitrogens with one attached hydrogen (secondary N) is 1. The molecule has 1 fully saturated rings. The molecule has 0 radical (unpaired) electrons. The molecule has 1 N–H and O–H groups in total. The van der Waals surface area contributed by atoms with Crippen molar-refractivity contribution in [3.8, 4) is 0 Å². The predicted molar refractivity (Wildman–Crippen MR) is 113 cm³/mol. The molecule has 2 heterocycles. The van der Waals surface area contributed by atoms with E-state index in [2.05, 4.69) is 36.1 Å². The molecule has 1 aromatic carbocycles. The summed E-state index contributed by atoms with van der Waals surface area (Å²) in [6.07, 6.45) is 4.97. The number of aryl methyl sites for hydroxylation is 1. The molecule has 1 atom stereocenters. The summed E-state index contributed by atoms with van der Waals surface area (Å²) < 4.78 is 1.40. The lowest BCUT2D eigenvalue weighted by Crippen LogP contribution is -2.46. The summed E-state index contributed by atoms with van der Waals surface area (Å²) in [6, 6.07) is 12.0. The van der Waals surface area contributed by atoms with Gasteiger partial charge in [-0.2, -0.15) is 0 Å². The standard InChI is InChI=1S/C23H28N4O2/c1-16-18(22(29)27-20(25-16)11-13-24-27)14-21(28)26(15-17-8-5-4-6-9-17)19-10-7-12-23(19,2)3/h4-6,8-9,11,13,19,24H,7,10,12,14-15H2,1-3H3/t19-/m0/s1. The van der Waals surface area contributed by atoms with Gasteiger partial charge in [0.2, 0.25) is 5.91 Å². The molecule has 29 heavy (non-hydrogen) atoms. The number of H-pyrrole nitrogens is 1. The van der Waals surface area contributed by atoms with Crippen molar-refractivity contribution in [2.45, 2.75) is 59.0 Å². The van der Waals surface area contributed by atoms with Gasteiger partial charge < -0.3 is 4.90 Å². The van der Waals surface area contributed by atoms with Gasteiger partial charge in [-0.25, -0.2) is 9.50 Å². The second-order valence-corrected chi connectivity index (χ2v) is 8.72. The number of aromatic amines is 1. The van der Waals surface area contributed by atoms with E-state index in [0.29, 0.717) is 23.4 Å². The van der Waals surface area contributed by atoms with Crippen LogP contribution in [0.3, 0.4) is 0 Å². The Bertz CT molecular complexity index is 1080. The van der Waals surface area contributed by atoms with Crippen molar-refractivity contribution < 1.29 is 4.79 Å². The van der Waals surface area contributed by atoms with Gasteiger partial charge in [-0.1, -0.05) is 50.6 Å². The monoisotopic (exact) mass is 392 g/mol. The number of rotatable bonds is 5. The number of nitrogens with zero attached hydrogens (tertiary/aromatic N) is 3. The van der Waals surface area contributed by atoms with Crippen LogP contribution in [0.1, 0.15) is 49.9 Å². The smallest absolute Gasteiger partial charge is 0.276 e. The molecule has 1 aliphatic rings. The van der Waals surface area contributed by atoms with Crippen LogP contribution in [-0.4, -0.2) is 31.4 Å². The Kier molecular flexibility index (Phi) is 5.03. The van der Waals surface area contributed by atoms with Gasteiger partial charge in [-0.15, -0.1) is 0 Å². The first-order valence-corrected chi connectivity index (χ1v) is 10.3. The SMILES string of the molecule is Cc1nc2cc[nH]n2c(=O)c1CC(=O)N(Cc1ccccc1)[C@H]1CCCC1(C)C. The lowest BCUT2D eigenvalue weighted by atomic mass is 9.86. The topological polar surface area (TPSA) is 70.5 Å². The van der Waals surface area contributed by atoms with Gasteiger partial charge in [0.25, 0.3) is 5.56 Å². The third-order valence-electron chi connectivity index (χ3n) is 6.27. The second-order valence-electron chi connectivity index (χ2n) is 8.72. The van der Waals surface area contributed by atoms with Crippen LogP contribution in [0.4, 0.5) is 0 Å². The van der Waals surface area contributed by atoms with Gasteiger partial charge >= 0.3 is 0 Å². The molecule has 152 valence electrons. The van der Waals surface area contributed by atoms with Crippen molar-refractivity contribution in [3.63, 3.8) is 0 Å². The van der Waals surface area contributed by atoms with Crippen LogP contribution < -0.4 is 5.56 Å². The van der Waals surface area contributed by atoms with E-state index in [1.807, 2.05) is 23.1 Å². The first-order valence-electron chi connectivity index (χ1n) is 10.3. The van der Waals surface area contributed by atoms with E-state index in [0.717, 1.165) is 24.8 Å². The molecule has 1 amide bonds. The maximum atomic E-state index is 13.5. The summed E-state index contributed by atoms with van der Waals surface area (Å²) in [5, 5.41) is 2.88. The van der Waals surface area contributed by atoms with Gasteiger partial charge in [0, 0.05) is 36.1 Å². The number of aromatic nitrogens is 3. The minimum Gasteiger partial charge on any atom is -0.335 e. The normalized spacial score (nSPS) is 18.2. The molecular formula is C23H28N4O2. The van der Waals surface area contributed by atoms with Crippen molar-refractivity contribution in [2.24, 2.45) is 5.41 Å². The molecule has 0 saturated heterocycles. The summed E-state index contributed by atoms with van der Waals surface area (Å²) in [5.74, 6) is -0.0117. The molecular weight excluding hydrogens is 364 g/mol. The highest BCUT2D eigenvalue weighted by molar-refractivity contribution is 5.79. The molecule has 0 aliphatic heterocycles. The number of amides is 1. The molecule has 6 nitrogen and oxygen atoms in total. The van der Waals surface area contributed by atoms with Gasteiger partial charge in [0.15, 0.2) is 5.65 Å². The summed E-state index contributed by atoms with van der Waals surface area (Å²) in [7, 11) is 0. The lowest BCUT2D eigenvalue weighted by molar-refractivity contribution is -0.135. The molecule has 6 heteroatoms. The average molecular weight is 393 g/mol. The first-order chi connectivity index (χ1) is 13.9. The largest absolute Gasteiger partial charge is 0.335 e. The van der Waals surface area contributed by atoms with Gasteiger partial charge in [-0.05, 0) is 30.7 Å². The minimum atomic E-state index is -0.198. The molecule has 2 aromatic heterocycles. The van der Waals surface area contributed by atoms with E-state index in [9.17, 15) is 9.59 Å². The Labute approximate surface area is 170 Å². The Balaban J connectivity index is 1.67. The zero-order valence-electron chi connectivity index (χ0n) is 17.3. The van der Waals surface area contributed by atoms with Crippen LogP contribution in [0.25, 0.3) is 5.65 Å². The second kappa shape index (κ2) is 7.50. The average Bonchev–Trinajstić information content (AvgIpc) is 3.29. The number of fused-ring (bicyclic) bond motifs is 1. The summed E-state index contributed by atoms with van der Waals surface area (Å²) in [4.78, 5) is 32.9. The molecule has 1 saturated carbocycles. The summed E-state index contributed by atoms with van der Waals surface area (Å²) in [5.41, 5.74) is 2.63. The number of carbonyl (C=O) groups excluding carboxylic acids is 1. The van der Waals surface area contributed by atoms with Crippen LogP contribution in [0.15, 0.2) is 47.4 Å². The highest BCUT2D eigenvalue weighted by atomic mass is 16.2. The zero-order chi connectivity index (χ0) is 20.6. The summed E-state index contributed by atoms with van der Waals surface area (Å²) >= 11 is 0. The Hall–Kier alpha value is -2.89. The molecule has 1 aliphatic carbocycles. The van der Waals surface area contributed by atoms with E-state index in [1.165, 1.54) is 4.52 Å². The fraction of sp³-hybridized carbons (Fsp3) is 0.435. The van der Waals surface area contributed by atoms with Crippen molar-refractivity contribution in [1.29, 1.82) is 0 Å². The van der Waals surface area contributed by atoms with E-state index in [4.69, 9.17) is 0 Å². The molecule has 0 spiro atoms. The third-order valence-corrected chi connectivity index (χ3v) is 6.27. The van der Waals surface area contributed by atoms with E-state index >= 15 is 0 Å². The zero-order valence-corrected chi connectivity index (χ0v) is 17.3. The van der Waals surface area contributed by atoms with Crippen LogP contribution in [0, 0.1) is 12.3 Å². The highest BCUT2D eigenvalue weighted by Gasteiger charge is 2.40. The number of hydrogen-bond donors (Lipinski definition) is 1. The highest BCUT2D eigenvalue weighted by Crippen LogP contribution is 2.41. The lowest BCUT2D eigenvalue weighted by Gasteiger charge is -2.38. The molecule has 0 unspecified atom stereocenters. The number of benzene rings is 1.